The smallest absolute Gasteiger partial charge is 0.255 e. The Morgan fingerprint density at radius 2 is 1.74 bits per heavy atom. The van der Waals surface area contributed by atoms with Crippen molar-refractivity contribution in [2.75, 3.05) is 5.73 Å². The highest BCUT2D eigenvalue weighted by Crippen LogP contribution is 2.29. The van der Waals surface area contributed by atoms with Gasteiger partial charge in [-0.2, -0.15) is 0 Å². The van der Waals surface area contributed by atoms with Crippen LogP contribution in [0.5, 0.6) is 11.6 Å². The summed E-state index contributed by atoms with van der Waals surface area (Å²) in [4.78, 5) is 7.97. The van der Waals surface area contributed by atoms with Gasteiger partial charge in [-0.15, -0.1) is 0 Å². The van der Waals surface area contributed by atoms with E-state index < -0.39 is 5.82 Å². The van der Waals surface area contributed by atoms with E-state index >= 15 is 0 Å². The van der Waals surface area contributed by atoms with Crippen molar-refractivity contribution in [3.05, 3.63) is 84.3 Å². The van der Waals surface area contributed by atoms with Crippen LogP contribution in [-0.4, -0.2) is 15.1 Å². The monoisotopic (exact) mass is 362 g/mol. The van der Waals surface area contributed by atoms with Gasteiger partial charge in [-0.25, -0.2) is 14.4 Å². The Labute approximate surface area is 154 Å². The Hall–Kier alpha value is -3.74. The first-order valence-electron chi connectivity index (χ1n) is 8.22. The maximum Gasteiger partial charge on any atom is 0.255 e. The fraction of sp³-hybridized carbons (Fsp3) is 0.0500. The topological polar surface area (TPSA) is 87.1 Å². The Morgan fingerprint density at radius 3 is 2.52 bits per heavy atom. The van der Waals surface area contributed by atoms with E-state index in [1.54, 1.807) is 24.6 Å². The molecule has 0 radical (unpaired) electrons. The normalized spacial score (nSPS) is 10.7. The highest BCUT2D eigenvalue weighted by atomic mass is 19.1. The van der Waals surface area contributed by atoms with Crippen molar-refractivity contribution in [1.82, 2.24) is 15.1 Å². The molecule has 3 aromatic heterocycles. The quantitative estimate of drug-likeness (QED) is 0.571. The molecule has 27 heavy (non-hydrogen) atoms. The molecular formula is C20H15FN4O2. The molecule has 0 unspecified atom stereocenters. The van der Waals surface area contributed by atoms with Crippen molar-refractivity contribution in [1.29, 1.82) is 0 Å². The lowest BCUT2D eigenvalue weighted by molar-refractivity contribution is 0.413. The average molecular weight is 362 g/mol. The van der Waals surface area contributed by atoms with Gasteiger partial charge in [-0.1, -0.05) is 17.3 Å². The fourth-order valence-electron chi connectivity index (χ4n) is 2.68. The molecule has 7 heteroatoms. The third-order valence-corrected chi connectivity index (χ3v) is 4.01. The molecule has 6 nitrogen and oxygen atoms in total. The summed E-state index contributed by atoms with van der Waals surface area (Å²) in [7, 11) is 0. The van der Waals surface area contributed by atoms with Crippen LogP contribution in [0.2, 0.25) is 0 Å². The third-order valence-electron chi connectivity index (χ3n) is 4.01. The Kier molecular flexibility index (Phi) is 4.49. The summed E-state index contributed by atoms with van der Waals surface area (Å²) in [5.74, 6) is 0.343. The van der Waals surface area contributed by atoms with Gasteiger partial charge in [-0.05, 0) is 42.0 Å². The van der Waals surface area contributed by atoms with Crippen LogP contribution in [0.1, 0.15) is 11.3 Å². The molecule has 4 rings (SSSR count). The van der Waals surface area contributed by atoms with E-state index in [2.05, 4.69) is 15.1 Å². The molecule has 0 aliphatic rings. The van der Waals surface area contributed by atoms with Gasteiger partial charge < -0.3 is 15.0 Å². The van der Waals surface area contributed by atoms with Crippen LogP contribution in [0, 0.1) is 5.82 Å². The van der Waals surface area contributed by atoms with Gasteiger partial charge in [0.1, 0.15) is 17.8 Å². The number of anilines is 1. The van der Waals surface area contributed by atoms with Gasteiger partial charge in [0.15, 0.2) is 5.82 Å². The number of nitrogens with zero attached hydrogens (tertiary/aromatic N) is 3. The van der Waals surface area contributed by atoms with Crippen LogP contribution < -0.4 is 10.5 Å². The number of nitrogen functional groups attached to an aromatic ring is 1. The first-order chi connectivity index (χ1) is 13.2. The van der Waals surface area contributed by atoms with Crippen molar-refractivity contribution >= 4 is 5.82 Å². The molecule has 0 fully saturated rings. The number of benzene rings is 1. The van der Waals surface area contributed by atoms with Crippen molar-refractivity contribution in [3.63, 3.8) is 0 Å². The Morgan fingerprint density at radius 1 is 0.963 bits per heavy atom. The predicted octanol–water partition coefficient (Wildman–Crippen LogP) is 4.24. The fourth-order valence-corrected chi connectivity index (χ4v) is 2.68. The lowest BCUT2D eigenvalue weighted by Crippen LogP contribution is -1.96. The minimum absolute atomic E-state index is 0.0592. The van der Waals surface area contributed by atoms with Crippen LogP contribution in [0.3, 0.4) is 0 Å². The summed E-state index contributed by atoms with van der Waals surface area (Å²) in [5, 5.41) is 4.08. The molecule has 0 saturated carbocycles. The second-order valence-electron chi connectivity index (χ2n) is 5.82. The molecule has 2 N–H and O–H groups in total. The van der Waals surface area contributed by atoms with Gasteiger partial charge >= 0.3 is 0 Å². The molecule has 0 aliphatic heterocycles. The maximum absolute atomic E-state index is 13.6. The Balaban J connectivity index is 1.53. The summed E-state index contributed by atoms with van der Waals surface area (Å²) in [6.45, 7) is 0. The number of pyridine rings is 2. The number of aromatic nitrogens is 3. The van der Waals surface area contributed by atoms with Crippen LogP contribution in [0.4, 0.5) is 10.2 Å². The highest BCUT2D eigenvalue weighted by Gasteiger charge is 2.14. The number of halogens is 1. The molecule has 4 aromatic rings. The Bertz CT molecular complexity index is 1060. The second-order valence-corrected chi connectivity index (χ2v) is 5.82. The van der Waals surface area contributed by atoms with Gasteiger partial charge in [0, 0.05) is 29.9 Å². The zero-order valence-corrected chi connectivity index (χ0v) is 14.2. The highest BCUT2D eigenvalue weighted by molar-refractivity contribution is 5.74. The minimum Gasteiger partial charge on any atom is -0.436 e. The van der Waals surface area contributed by atoms with Gasteiger partial charge in [0.2, 0.25) is 0 Å². The van der Waals surface area contributed by atoms with Crippen molar-refractivity contribution in [2.24, 2.45) is 0 Å². The zero-order valence-electron chi connectivity index (χ0n) is 14.2. The van der Waals surface area contributed by atoms with E-state index in [-0.39, 0.29) is 5.88 Å². The number of hydrogen-bond acceptors (Lipinski definition) is 6. The molecule has 3 heterocycles. The van der Waals surface area contributed by atoms with Crippen molar-refractivity contribution < 1.29 is 13.7 Å². The number of hydrogen-bond donors (Lipinski definition) is 1. The molecule has 1 aromatic carbocycles. The summed E-state index contributed by atoms with van der Waals surface area (Å²) >= 11 is 0. The van der Waals surface area contributed by atoms with Crippen molar-refractivity contribution in [3.8, 4) is 22.8 Å². The SMILES string of the molecule is Nc1ncccc1-c1conc1Cc1ccc(Oc2ncccc2F)cc1. The van der Waals surface area contributed by atoms with Crippen LogP contribution in [0.15, 0.2) is 71.7 Å². The van der Waals surface area contributed by atoms with E-state index in [1.165, 1.54) is 18.3 Å². The molecule has 0 amide bonds. The van der Waals surface area contributed by atoms with Gasteiger partial charge in [0.05, 0.1) is 5.69 Å². The van der Waals surface area contributed by atoms with E-state index in [9.17, 15) is 4.39 Å². The number of nitrogens with two attached hydrogens (primary N) is 1. The molecule has 0 atom stereocenters. The predicted molar refractivity (Wildman–Crippen MR) is 97.7 cm³/mol. The average Bonchev–Trinajstić information content (AvgIpc) is 3.13. The summed E-state index contributed by atoms with van der Waals surface area (Å²) in [5.41, 5.74) is 9.26. The molecular weight excluding hydrogens is 347 g/mol. The number of rotatable bonds is 5. The standard InChI is InChI=1S/C20H15FN4O2/c21-17-4-2-10-24-20(17)27-14-7-5-13(6-8-14)11-18-16(12-26-25-18)15-3-1-9-23-19(15)22/h1-10,12H,11H2,(H2,22,23). The largest absolute Gasteiger partial charge is 0.436 e. The molecule has 134 valence electrons. The first kappa shape index (κ1) is 16.7. The summed E-state index contributed by atoms with van der Waals surface area (Å²) in [6, 6.07) is 13.7. The summed E-state index contributed by atoms with van der Waals surface area (Å²) < 4.78 is 24.2. The number of ether oxygens (including phenoxy) is 1. The van der Waals surface area contributed by atoms with Crippen LogP contribution in [0.25, 0.3) is 11.1 Å². The summed E-state index contributed by atoms with van der Waals surface area (Å²) in [6.07, 6.45) is 5.21. The van der Waals surface area contributed by atoms with E-state index in [0.717, 1.165) is 22.4 Å². The third kappa shape index (κ3) is 3.62. The lowest BCUT2D eigenvalue weighted by Gasteiger charge is -2.07. The zero-order chi connectivity index (χ0) is 18.6. The van der Waals surface area contributed by atoms with E-state index in [0.29, 0.717) is 18.0 Å². The molecule has 0 spiro atoms. The van der Waals surface area contributed by atoms with Gasteiger partial charge in [0.25, 0.3) is 5.88 Å². The second kappa shape index (κ2) is 7.25. The van der Waals surface area contributed by atoms with E-state index in [4.69, 9.17) is 15.0 Å². The van der Waals surface area contributed by atoms with Crippen LogP contribution in [-0.2, 0) is 6.42 Å². The van der Waals surface area contributed by atoms with E-state index in [1.807, 2.05) is 24.3 Å². The van der Waals surface area contributed by atoms with Crippen LogP contribution >= 0.6 is 0 Å². The minimum atomic E-state index is -0.511. The maximum atomic E-state index is 13.6. The molecule has 0 saturated heterocycles. The molecule has 0 aliphatic carbocycles. The van der Waals surface area contributed by atoms with Gasteiger partial charge in [-0.3, -0.25) is 0 Å². The first-order valence-corrected chi connectivity index (χ1v) is 8.22. The van der Waals surface area contributed by atoms with Crippen molar-refractivity contribution in [2.45, 2.75) is 6.42 Å². The lowest BCUT2D eigenvalue weighted by atomic mass is 10.0. The molecule has 0 bridgehead atoms.